The van der Waals surface area contributed by atoms with Crippen LogP contribution < -0.4 is 26.2 Å². The molecule has 0 aromatic heterocycles. The normalized spacial score (nSPS) is 18.9. The molecular weight excluding hydrogens is 452 g/mol. The number of ether oxygens (including phenoxy) is 1. The molecule has 0 spiro atoms. The first-order valence-electron chi connectivity index (χ1n) is 10.3. The predicted octanol–water partition coefficient (Wildman–Crippen LogP) is 3.89. The fraction of sp³-hybridized carbons (Fsp3) is 0.304. The highest BCUT2D eigenvalue weighted by molar-refractivity contribution is 7.90. The van der Waals surface area contributed by atoms with E-state index in [2.05, 4.69) is 10.6 Å². The van der Waals surface area contributed by atoms with Crippen LogP contribution in [0.3, 0.4) is 0 Å². The van der Waals surface area contributed by atoms with Crippen molar-refractivity contribution in [3.05, 3.63) is 74.0 Å². The van der Waals surface area contributed by atoms with Gasteiger partial charge in [0, 0.05) is 23.0 Å². The van der Waals surface area contributed by atoms with Crippen LogP contribution in [0.15, 0.2) is 63.0 Å². The molecule has 1 aliphatic rings. The Morgan fingerprint density at radius 2 is 1.59 bits per heavy atom. The number of hydrogen-bond donors (Lipinski definition) is 2. The molecule has 0 saturated heterocycles. The molecule has 0 amide bonds. The maximum atomic E-state index is 12.1. The fourth-order valence-corrected chi connectivity index (χ4v) is 4.67. The zero-order valence-electron chi connectivity index (χ0n) is 17.4. The summed E-state index contributed by atoms with van der Waals surface area (Å²) in [6, 6.07) is 13.4. The van der Waals surface area contributed by atoms with E-state index in [1.165, 1.54) is 18.4 Å². The van der Waals surface area contributed by atoms with Crippen LogP contribution in [-0.4, -0.2) is 26.8 Å². The standard InChI is InChI=1S/C23H23ClN2O5S/c1-32(29,30)19-11-9-18(10-12-19)31-17-7-5-15(6-8-17)25-20-21(23(28)22(20)27)26-16-4-2-3-14(24)13-16/h2-4,9-13,15,17,25-26H,5-8H2,1H3. The third kappa shape index (κ3) is 4.97. The smallest absolute Gasteiger partial charge is 0.253 e. The molecular formula is C23H23ClN2O5S. The van der Waals surface area contributed by atoms with Crippen LogP contribution in [0, 0.1) is 0 Å². The predicted molar refractivity (Wildman–Crippen MR) is 126 cm³/mol. The summed E-state index contributed by atoms with van der Waals surface area (Å²) in [6.45, 7) is 0. The van der Waals surface area contributed by atoms with Gasteiger partial charge in [-0.1, -0.05) is 17.7 Å². The fourth-order valence-electron chi connectivity index (χ4n) is 3.85. The second-order valence-corrected chi connectivity index (χ2v) is 10.5. The van der Waals surface area contributed by atoms with Crippen LogP contribution in [0.4, 0.5) is 17.1 Å². The van der Waals surface area contributed by atoms with Gasteiger partial charge in [0.05, 0.1) is 11.0 Å². The van der Waals surface area contributed by atoms with E-state index in [0.29, 0.717) is 22.1 Å². The molecule has 168 valence electrons. The Balaban J connectivity index is 1.33. The molecule has 9 heteroatoms. The monoisotopic (exact) mass is 474 g/mol. The maximum absolute atomic E-state index is 12.1. The third-order valence-corrected chi connectivity index (χ3v) is 6.95. The summed E-state index contributed by atoms with van der Waals surface area (Å²) >= 11 is 5.98. The number of anilines is 3. The van der Waals surface area contributed by atoms with Crippen molar-refractivity contribution in [2.75, 3.05) is 16.9 Å². The van der Waals surface area contributed by atoms with Crippen LogP contribution >= 0.6 is 11.6 Å². The second kappa shape index (κ2) is 8.96. The van der Waals surface area contributed by atoms with Gasteiger partial charge in [0.2, 0.25) is 0 Å². The topological polar surface area (TPSA) is 102 Å². The summed E-state index contributed by atoms with van der Waals surface area (Å²) in [6.07, 6.45) is 4.29. The van der Waals surface area contributed by atoms with Crippen LogP contribution in [0.1, 0.15) is 25.7 Å². The van der Waals surface area contributed by atoms with Gasteiger partial charge >= 0.3 is 0 Å². The van der Waals surface area contributed by atoms with Crippen LogP contribution in [0.5, 0.6) is 5.75 Å². The molecule has 0 unspecified atom stereocenters. The Morgan fingerprint density at radius 3 is 2.22 bits per heavy atom. The van der Waals surface area contributed by atoms with E-state index in [9.17, 15) is 18.0 Å². The molecule has 0 radical (unpaired) electrons. The van der Waals surface area contributed by atoms with Gasteiger partial charge < -0.3 is 15.4 Å². The van der Waals surface area contributed by atoms with E-state index in [1.807, 2.05) is 0 Å². The summed E-state index contributed by atoms with van der Waals surface area (Å²) in [4.78, 5) is 24.4. The Morgan fingerprint density at radius 1 is 0.938 bits per heavy atom. The molecule has 2 N–H and O–H groups in total. The van der Waals surface area contributed by atoms with Crippen molar-refractivity contribution < 1.29 is 13.2 Å². The quantitative estimate of drug-likeness (QED) is 0.501. The van der Waals surface area contributed by atoms with Crippen molar-refractivity contribution in [3.8, 4) is 5.75 Å². The SMILES string of the molecule is CS(=O)(=O)c1ccc(OC2CCC(Nc3c(Nc4cccc(Cl)c4)c(=O)c3=O)CC2)cc1. The number of sulfone groups is 1. The minimum atomic E-state index is -3.24. The van der Waals surface area contributed by atoms with Crippen molar-refractivity contribution in [2.45, 2.75) is 42.7 Å². The van der Waals surface area contributed by atoms with Crippen LogP contribution in [-0.2, 0) is 9.84 Å². The number of benzene rings is 2. The summed E-state index contributed by atoms with van der Waals surface area (Å²) in [5.41, 5.74) is 0.171. The van der Waals surface area contributed by atoms with Gasteiger partial charge in [-0.05, 0) is 68.1 Å². The van der Waals surface area contributed by atoms with Gasteiger partial charge in [-0.15, -0.1) is 0 Å². The van der Waals surface area contributed by atoms with Gasteiger partial charge in [0.1, 0.15) is 17.1 Å². The molecule has 1 fully saturated rings. The van der Waals surface area contributed by atoms with Gasteiger partial charge in [-0.3, -0.25) is 9.59 Å². The highest BCUT2D eigenvalue weighted by atomic mass is 35.5. The van der Waals surface area contributed by atoms with Gasteiger partial charge in [-0.2, -0.15) is 0 Å². The van der Waals surface area contributed by atoms with Gasteiger partial charge in [-0.25, -0.2) is 8.42 Å². The molecule has 1 aliphatic carbocycles. The third-order valence-electron chi connectivity index (χ3n) is 5.58. The minimum Gasteiger partial charge on any atom is -0.490 e. The lowest BCUT2D eigenvalue weighted by Crippen LogP contribution is -2.40. The first-order valence-corrected chi connectivity index (χ1v) is 12.6. The van der Waals surface area contributed by atoms with Crippen molar-refractivity contribution >= 4 is 38.5 Å². The summed E-state index contributed by atoms with van der Waals surface area (Å²) in [5.74, 6) is 0.629. The molecule has 7 nitrogen and oxygen atoms in total. The highest BCUT2D eigenvalue weighted by Crippen LogP contribution is 2.29. The average molecular weight is 475 g/mol. The van der Waals surface area contributed by atoms with Crippen molar-refractivity contribution in [3.63, 3.8) is 0 Å². The largest absolute Gasteiger partial charge is 0.490 e. The van der Waals surface area contributed by atoms with Crippen LogP contribution in [0.2, 0.25) is 5.02 Å². The molecule has 32 heavy (non-hydrogen) atoms. The van der Waals surface area contributed by atoms with Crippen molar-refractivity contribution in [1.29, 1.82) is 0 Å². The Bertz CT molecular complexity index is 1290. The van der Waals surface area contributed by atoms with Crippen molar-refractivity contribution in [1.82, 2.24) is 0 Å². The summed E-state index contributed by atoms with van der Waals surface area (Å²) in [5, 5.41) is 6.75. The minimum absolute atomic E-state index is 0.00823. The van der Waals surface area contributed by atoms with E-state index >= 15 is 0 Å². The molecule has 0 heterocycles. The number of nitrogens with one attached hydrogen (secondary N) is 2. The zero-order chi connectivity index (χ0) is 22.9. The van der Waals surface area contributed by atoms with Crippen molar-refractivity contribution in [2.24, 2.45) is 0 Å². The van der Waals surface area contributed by atoms with Crippen LogP contribution in [0.25, 0.3) is 0 Å². The number of rotatable bonds is 7. The highest BCUT2D eigenvalue weighted by Gasteiger charge is 2.27. The first kappa shape index (κ1) is 22.4. The Kier molecular flexibility index (Phi) is 6.26. The van der Waals surface area contributed by atoms with Gasteiger partial charge in [0.25, 0.3) is 10.9 Å². The molecule has 0 atom stereocenters. The lowest BCUT2D eigenvalue weighted by molar-refractivity contribution is 0.150. The molecule has 3 aromatic rings. The molecule has 4 rings (SSSR count). The van der Waals surface area contributed by atoms with E-state index in [-0.39, 0.29) is 22.7 Å². The number of halogens is 1. The van der Waals surface area contributed by atoms with E-state index < -0.39 is 20.7 Å². The molecule has 1 saturated carbocycles. The Hall–Kier alpha value is -2.84. The second-order valence-electron chi connectivity index (χ2n) is 8.02. The van der Waals surface area contributed by atoms with E-state index in [1.54, 1.807) is 36.4 Å². The van der Waals surface area contributed by atoms with Gasteiger partial charge in [0.15, 0.2) is 9.84 Å². The summed E-state index contributed by atoms with van der Waals surface area (Å²) in [7, 11) is -3.24. The average Bonchev–Trinajstić information content (AvgIpc) is 2.77. The molecule has 0 bridgehead atoms. The zero-order valence-corrected chi connectivity index (χ0v) is 19.0. The summed E-state index contributed by atoms with van der Waals surface area (Å²) < 4.78 is 29.1. The Labute approximate surface area is 191 Å². The molecule has 0 aliphatic heterocycles. The lowest BCUT2D eigenvalue weighted by atomic mass is 9.92. The van der Waals surface area contributed by atoms with E-state index in [0.717, 1.165) is 25.7 Å². The number of hydrogen-bond acceptors (Lipinski definition) is 7. The first-order chi connectivity index (χ1) is 15.2. The lowest BCUT2D eigenvalue weighted by Gasteiger charge is -2.31. The molecule has 3 aromatic carbocycles. The van der Waals surface area contributed by atoms with E-state index in [4.69, 9.17) is 16.3 Å². The maximum Gasteiger partial charge on any atom is 0.253 e.